The van der Waals surface area contributed by atoms with Gasteiger partial charge in [-0.1, -0.05) is 65.9 Å². The predicted octanol–water partition coefficient (Wildman–Crippen LogP) is 3.98. The van der Waals surface area contributed by atoms with Crippen molar-refractivity contribution in [3.8, 4) is 6.07 Å². The smallest absolute Gasteiger partial charge is 0.411 e. The molecule has 2 saturated heterocycles. The van der Waals surface area contributed by atoms with Crippen molar-refractivity contribution in [2.75, 3.05) is 13.1 Å². The normalized spacial score (nSPS) is 18.5. The zero-order chi connectivity index (χ0) is 25.9. The van der Waals surface area contributed by atoms with E-state index in [1.54, 1.807) is 4.90 Å². The summed E-state index contributed by atoms with van der Waals surface area (Å²) in [7, 11) is 0. The quantitative estimate of drug-likeness (QED) is 0.552. The van der Waals surface area contributed by atoms with Crippen LogP contribution in [0.3, 0.4) is 0 Å². The first-order valence-electron chi connectivity index (χ1n) is 12.2. The predicted molar refractivity (Wildman–Crippen MR) is 131 cm³/mol. The van der Waals surface area contributed by atoms with Crippen LogP contribution in [0.2, 0.25) is 0 Å². The number of aromatic amines is 1. The fraction of sp³-hybridized carbons (Fsp3) is 0.385. The summed E-state index contributed by atoms with van der Waals surface area (Å²) in [5.74, 6) is 0.541. The Bertz CT molecular complexity index is 1170. The molecule has 0 unspecified atom stereocenters. The van der Waals surface area contributed by atoms with Gasteiger partial charge in [-0.2, -0.15) is 10.5 Å². The molecular weight excluding hydrogens is 474 g/mol. The Morgan fingerprint density at radius 1 is 0.892 bits per heavy atom. The lowest BCUT2D eigenvalue weighted by molar-refractivity contribution is 0.0908. The number of aromatic nitrogens is 4. The van der Waals surface area contributed by atoms with Crippen molar-refractivity contribution < 1.29 is 19.1 Å². The van der Waals surface area contributed by atoms with Gasteiger partial charge in [0, 0.05) is 13.1 Å². The zero-order valence-corrected chi connectivity index (χ0v) is 20.4. The number of tetrazole rings is 1. The molecule has 3 aromatic rings. The molecule has 2 amide bonds. The minimum absolute atomic E-state index is 0.142. The van der Waals surface area contributed by atoms with E-state index in [1.165, 1.54) is 4.90 Å². The molecule has 5 rings (SSSR count). The van der Waals surface area contributed by atoms with E-state index in [0.29, 0.717) is 18.9 Å². The van der Waals surface area contributed by atoms with Crippen LogP contribution < -0.4 is 0 Å². The molecule has 0 saturated carbocycles. The molecule has 2 atom stereocenters. The molecular formula is C26H29N7O4. The van der Waals surface area contributed by atoms with Gasteiger partial charge in [-0.15, -0.1) is 10.2 Å². The van der Waals surface area contributed by atoms with E-state index in [-0.39, 0.29) is 31.4 Å². The second-order valence-electron chi connectivity index (χ2n) is 8.68. The summed E-state index contributed by atoms with van der Waals surface area (Å²) in [5.41, 5.74) is 1.92. The Labute approximate surface area is 215 Å². The maximum absolute atomic E-state index is 12.1. The van der Waals surface area contributed by atoms with E-state index in [2.05, 4.69) is 26.7 Å². The minimum atomic E-state index is -0.391. The van der Waals surface area contributed by atoms with Gasteiger partial charge in [-0.05, 0) is 36.8 Å². The van der Waals surface area contributed by atoms with Crippen LogP contribution >= 0.6 is 0 Å². The number of benzene rings is 2. The highest BCUT2D eigenvalue weighted by atomic mass is 16.6. The Kier molecular flexibility index (Phi) is 9.02. The number of amides is 2. The summed E-state index contributed by atoms with van der Waals surface area (Å²) in [5, 5.41) is 22.7. The lowest BCUT2D eigenvalue weighted by Gasteiger charge is -2.21. The summed E-state index contributed by atoms with van der Waals surface area (Å²) in [6.07, 6.45) is 2.65. The molecule has 2 aliphatic rings. The molecule has 192 valence electrons. The van der Waals surface area contributed by atoms with Gasteiger partial charge in [-0.25, -0.2) is 9.59 Å². The minimum Gasteiger partial charge on any atom is -0.445 e. The molecule has 0 spiro atoms. The zero-order valence-electron chi connectivity index (χ0n) is 20.4. The number of nitrogens with zero attached hydrogens (tertiary/aromatic N) is 6. The van der Waals surface area contributed by atoms with Gasteiger partial charge in [0.2, 0.25) is 0 Å². The average Bonchev–Trinajstić information content (AvgIpc) is 3.73. The van der Waals surface area contributed by atoms with Gasteiger partial charge in [0.15, 0.2) is 5.82 Å². The number of hydrogen-bond acceptors (Lipinski definition) is 8. The Morgan fingerprint density at radius 2 is 1.46 bits per heavy atom. The number of nitrogens with one attached hydrogen (secondary N) is 1. The van der Waals surface area contributed by atoms with Crippen LogP contribution in [0.1, 0.15) is 48.7 Å². The van der Waals surface area contributed by atoms with Crippen LogP contribution in [0.15, 0.2) is 60.7 Å². The largest absolute Gasteiger partial charge is 0.445 e. The molecule has 11 nitrogen and oxygen atoms in total. The van der Waals surface area contributed by atoms with Crippen LogP contribution in [0.25, 0.3) is 0 Å². The van der Waals surface area contributed by atoms with Gasteiger partial charge in [-0.3, -0.25) is 9.80 Å². The number of H-pyrrole nitrogens is 1. The standard InChI is InChI=1S/C13H15N5O2.C13H14N2O2/c19-13(20-9-10-5-2-1-3-6-10)18-8-4-7-11(18)12-14-16-17-15-12;14-9-12-7-4-8-15(12)13(16)17-10-11-5-2-1-3-6-11/h1-3,5-6,11H,4,7-9H2,(H,14,15,16,17);1-3,5-6,12H,4,7-8,10H2/t11-;12-/m00/s1. The second-order valence-corrected chi connectivity index (χ2v) is 8.68. The van der Waals surface area contributed by atoms with Crippen molar-refractivity contribution >= 4 is 12.2 Å². The number of rotatable bonds is 5. The molecule has 11 heteroatoms. The van der Waals surface area contributed by atoms with Crippen molar-refractivity contribution in [2.24, 2.45) is 0 Å². The van der Waals surface area contributed by atoms with Gasteiger partial charge in [0.05, 0.1) is 12.1 Å². The maximum atomic E-state index is 12.1. The summed E-state index contributed by atoms with van der Waals surface area (Å²) >= 11 is 0. The molecule has 2 aromatic carbocycles. The van der Waals surface area contributed by atoms with Crippen LogP contribution in [0, 0.1) is 11.3 Å². The van der Waals surface area contributed by atoms with Crippen molar-refractivity contribution in [1.29, 1.82) is 5.26 Å². The Morgan fingerprint density at radius 3 is 2.03 bits per heavy atom. The van der Waals surface area contributed by atoms with Gasteiger partial charge < -0.3 is 9.47 Å². The van der Waals surface area contributed by atoms with E-state index in [1.807, 2.05) is 60.7 Å². The molecule has 3 heterocycles. The second kappa shape index (κ2) is 13.0. The van der Waals surface area contributed by atoms with Crippen molar-refractivity contribution in [1.82, 2.24) is 30.4 Å². The molecule has 0 bridgehead atoms. The number of nitriles is 1. The van der Waals surface area contributed by atoms with Crippen molar-refractivity contribution in [3.63, 3.8) is 0 Å². The third-order valence-corrected chi connectivity index (χ3v) is 6.19. The monoisotopic (exact) mass is 503 g/mol. The van der Waals surface area contributed by atoms with Crippen molar-refractivity contribution in [3.05, 3.63) is 77.6 Å². The molecule has 1 aromatic heterocycles. The summed E-state index contributed by atoms with van der Waals surface area (Å²) in [6.45, 7) is 1.81. The highest BCUT2D eigenvalue weighted by Gasteiger charge is 2.34. The van der Waals surface area contributed by atoms with E-state index in [0.717, 1.165) is 36.8 Å². The van der Waals surface area contributed by atoms with Crippen LogP contribution in [-0.2, 0) is 22.7 Å². The average molecular weight is 504 g/mol. The topological polar surface area (TPSA) is 137 Å². The van der Waals surface area contributed by atoms with E-state index < -0.39 is 6.09 Å². The summed E-state index contributed by atoms with van der Waals surface area (Å²) in [4.78, 5) is 27.0. The lowest BCUT2D eigenvalue weighted by Crippen LogP contribution is -2.34. The van der Waals surface area contributed by atoms with E-state index in [9.17, 15) is 9.59 Å². The third kappa shape index (κ3) is 7.04. The third-order valence-electron chi connectivity index (χ3n) is 6.19. The van der Waals surface area contributed by atoms with Crippen LogP contribution in [0.5, 0.6) is 0 Å². The maximum Gasteiger partial charge on any atom is 0.411 e. The lowest BCUT2D eigenvalue weighted by atomic mass is 10.2. The first-order chi connectivity index (χ1) is 18.2. The van der Waals surface area contributed by atoms with E-state index >= 15 is 0 Å². The summed E-state index contributed by atoms with van der Waals surface area (Å²) < 4.78 is 10.5. The Hall–Kier alpha value is -4.46. The number of hydrogen-bond donors (Lipinski definition) is 1. The number of carbonyl (C=O) groups excluding carboxylic acids is 2. The molecule has 1 N–H and O–H groups in total. The fourth-order valence-electron chi connectivity index (χ4n) is 4.29. The number of ether oxygens (including phenoxy) is 2. The highest BCUT2D eigenvalue weighted by molar-refractivity contribution is 5.69. The van der Waals surface area contributed by atoms with E-state index in [4.69, 9.17) is 14.7 Å². The fourth-order valence-corrected chi connectivity index (χ4v) is 4.29. The summed E-state index contributed by atoms with van der Waals surface area (Å²) in [6, 6.07) is 20.8. The highest BCUT2D eigenvalue weighted by Crippen LogP contribution is 2.29. The number of carbonyl (C=O) groups is 2. The first-order valence-corrected chi connectivity index (χ1v) is 12.2. The van der Waals surface area contributed by atoms with Crippen LogP contribution in [0.4, 0.5) is 9.59 Å². The van der Waals surface area contributed by atoms with Crippen LogP contribution in [-0.4, -0.2) is 61.7 Å². The van der Waals surface area contributed by atoms with Gasteiger partial charge in [0.25, 0.3) is 0 Å². The Balaban J connectivity index is 0.000000176. The number of likely N-dealkylation sites (tertiary alicyclic amines) is 2. The van der Waals surface area contributed by atoms with Gasteiger partial charge in [0.1, 0.15) is 19.3 Å². The molecule has 2 aliphatic heterocycles. The molecule has 0 radical (unpaired) electrons. The SMILES string of the molecule is N#C[C@@H]1CCCN1C(=O)OCc1ccccc1.O=C(OCc1ccccc1)N1CCC[C@H]1c1nn[nH]n1. The molecule has 37 heavy (non-hydrogen) atoms. The molecule has 2 fully saturated rings. The first kappa shape index (κ1) is 25.6. The molecule has 0 aliphatic carbocycles. The van der Waals surface area contributed by atoms with Crippen molar-refractivity contribution in [2.45, 2.75) is 51.0 Å². The van der Waals surface area contributed by atoms with Gasteiger partial charge >= 0.3 is 12.2 Å².